The van der Waals surface area contributed by atoms with Crippen LogP contribution in [0.25, 0.3) is 5.69 Å². The van der Waals surface area contributed by atoms with E-state index in [-0.39, 0.29) is 23.9 Å². The highest BCUT2D eigenvalue weighted by atomic mass is 32.2. The Morgan fingerprint density at radius 1 is 1.25 bits per heavy atom. The van der Waals surface area contributed by atoms with Crippen molar-refractivity contribution in [3.05, 3.63) is 35.5 Å². The SMILES string of the molecule is COc1ccc(-n2nc3c(c2NC(=O)C(=O)NC[C@H](C)O)CS(=O)(=O)C3)cc1. The largest absolute Gasteiger partial charge is 0.497 e. The first-order valence-corrected chi connectivity index (χ1v) is 10.2. The molecule has 3 rings (SSSR count). The van der Waals surface area contributed by atoms with Gasteiger partial charge in [-0.1, -0.05) is 0 Å². The lowest BCUT2D eigenvalue weighted by Crippen LogP contribution is -2.39. The second kappa shape index (κ2) is 7.60. The van der Waals surface area contributed by atoms with Crippen molar-refractivity contribution in [2.75, 3.05) is 19.0 Å². The maximum atomic E-state index is 12.3. The van der Waals surface area contributed by atoms with Crippen LogP contribution in [0.4, 0.5) is 5.82 Å². The molecule has 2 heterocycles. The molecule has 3 N–H and O–H groups in total. The van der Waals surface area contributed by atoms with E-state index in [2.05, 4.69) is 15.7 Å². The van der Waals surface area contributed by atoms with E-state index < -0.39 is 27.8 Å². The van der Waals surface area contributed by atoms with Crippen molar-refractivity contribution < 1.29 is 27.9 Å². The van der Waals surface area contributed by atoms with Crippen molar-refractivity contribution in [1.82, 2.24) is 15.1 Å². The lowest BCUT2D eigenvalue weighted by atomic mass is 10.2. The second-order valence-corrected chi connectivity index (χ2v) is 8.49. The number of fused-ring (bicyclic) bond motifs is 1. The first-order chi connectivity index (χ1) is 13.2. The van der Waals surface area contributed by atoms with Gasteiger partial charge in [-0.3, -0.25) is 9.59 Å². The van der Waals surface area contributed by atoms with Crippen molar-refractivity contribution in [2.24, 2.45) is 0 Å². The third-order valence-corrected chi connectivity index (χ3v) is 5.54. The van der Waals surface area contributed by atoms with Crippen LogP contribution in [-0.2, 0) is 30.9 Å². The molecule has 0 fully saturated rings. The molecule has 1 atom stereocenters. The smallest absolute Gasteiger partial charge is 0.314 e. The number of nitrogens with zero attached hydrogens (tertiary/aromatic N) is 2. The minimum atomic E-state index is -3.35. The van der Waals surface area contributed by atoms with Gasteiger partial charge in [0, 0.05) is 12.1 Å². The number of nitrogens with one attached hydrogen (secondary N) is 2. The Morgan fingerprint density at radius 2 is 1.93 bits per heavy atom. The molecule has 1 aromatic heterocycles. The van der Waals surface area contributed by atoms with E-state index in [4.69, 9.17) is 4.74 Å². The highest BCUT2D eigenvalue weighted by Crippen LogP contribution is 2.33. The number of hydrogen-bond donors (Lipinski definition) is 3. The van der Waals surface area contributed by atoms with Crippen molar-refractivity contribution in [3.8, 4) is 11.4 Å². The number of amides is 2. The van der Waals surface area contributed by atoms with Crippen LogP contribution in [0.15, 0.2) is 24.3 Å². The van der Waals surface area contributed by atoms with Gasteiger partial charge in [-0.15, -0.1) is 0 Å². The normalized spacial score (nSPS) is 15.5. The average molecular weight is 408 g/mol. The Kier molecular flexibility index (Phi) is 5.38. The molecule has 0 aliphatic carbocycles. The van der Waals surface area contributed by atoms with Crippen molar-refractivity contribution in [2.45, 2.75) is 24.5 Å². The number of anilines is 1. The first-order valence-electron chi connectivity index (χ1n) is 8.43. The highest BCUT2D eigenvalue weighted by Gasteiger charge is 2.33. The third-order valence-electron chi connectivity index (χ3n) is 4.10. The van der Waals surface area contributed by atoms with E-state index in [0.717, 1.165) is 0 Å². The first kappa shape index (κ1) is 19.8. The van der Waals surface area contributed by atoms with Crippen LogP contribution in [0.3, 0.4) is 0 Å². The Bertz CT molecular complexity index is 1010. The van der Waals surface area contributed by atoms with Gasteiger partial charge in [0.15, 0.2) is 9.84 Å². The summed E-state index contributed by atoms with van der Waals surface area (Å²) in [5.41, 5.74) is 1.25. The molecule has 1 aliphatic rings. The van der Waals surface area contributed by atoms with Crippen LogP contribution in [0.5, 0.6) is 5.75 Å². The fourth-order valence-electron chi connectivity index (χ4n) is 2.77. The molecule has 1 aromatic carbocycles. The van der Waals surface area contributed by atoms with Crippen LogP contribution in [0.2, 0.25) is 0 Å². The number of carbonyl (C=O) groups is 2. The minimum Gasteiger partial charge on any atom is -0.497 e. The maximum Gasteiger partial charge on any atom is 0.314 e. The maximum absolute atomic E-state index is 12.3. The quantitative estimate of drug-likeness (QED) is 0.579. The summed E-state index contributed by atoms with van der Waals surface area (Å²) in [5, 5.41) is 18.3. The van der Waals surface area contributed by atoms with Gasteiger partial charge >= 0.3 is 11.8 Å². The standard InChI is InChI=1S/C17H20N4O6S/c1-10(22)7-18-16(23)17(24)19-15-13-8-28(25,26)9-14(13)20-21(15)11-3-5-12(27-2)6-4-11/h3-6,10,22H,7-9H2,1-2H3,(H,18,23)(H,19,24)/t10-/m0/s1. The van der Waals surface area contributed by atoms with Gasteiger partial charge in [0.05, 0.1) is 36.1 Å². The van der Waals surface area contributed by atoms with Crippen LogP contribution in [0, 0.1) is 0 Å². The van der Waals surface area contributed by atoms with Crippen LogP contribution >= 0.6 is 0 Å². The Morgan fingerprint density at radius 3 is 2.54 bits per heavy atom. The summed E-state index contributed by atoms with van der Waals surface area (Å²) in [4.78, 5) is 24.2. The number of aliphatic hydroxyl groups excluding tert-OH is 1. The predicted octanol–water partition coefficient (Wildman–Crippen LogP) is -0.255. The number of methoxy groups -OCH3 is 1. The van der Waals surface area contributed by atoms with Gasteiger partial charge in [0.1, 0.15) is 11.6 Å². The zero-order chi connectivity index (χ0) is 20.5. The zero-order valence-electron chi connectivity index (χ0n) is 15.3. The van der Waals surface area contributed by atoms with Crippen LogP contribution in [0.1, 0.15) is 18.2 Å². The summed E-state index contributed by atoms with van der Waals surface area (Å²) in [6.07, 6.45) is -0.809. The fourth-order valence-corrected chi connectivity index (χ4v) is 4.26. The average Bonchev–Trinajstić information content (AvgIpc) is 3.12. The number of carbonyl (C=O) groups excluding carboxylic acids is 2. The molecule has 150 valence electrons. The highest BCUT2D eigenvalue weighted by molar-refractivity contribution is 7.90. The molecular formula is C17H20N4O6S. The summed E-state index contributed by atoms with van der Waals surface area (Å²) in [6.45, 7) is 1.38. The van der Waals surface area contributed by atoms with Gasteiger partial charge in [0.2, 0.25) is 0 Å². The van der Waals surface area contributed by atoms with Gasteiger partial charge in [0.25, 0.3) is 0 Å². The molecule has 11 heteroatoms. The number of benzene rings is 1. The number of aliphatic hydroxyl groups is 1. The molecule has 1 aliphatic heterocycles. The predicted molar refractivity (Wildman–Crippen MR) is 99.8 cm³/mol. The van der Waals surface area contributed by atoms with Gasteiger partial charge in [-0.05, 0) is 31.2 Å². The van der Waals surface area contributed by atoms with Crippen LogP contribution < -0.4 is 15.4 Å². The van der Waals surface area contributed by atoms with E-state index in [9.17, 15) is 23.1 Å². The molecule has 0 bridgehead atoms. The van der Waals surface area contributed by atoms with Gasteiger partial charge in [-0.2, -0.15) is 5.10 Å². The second-order valence-electron chi connectivity index (χ2n) is 6.43. The molecule has 0 spiro atoms. The molecule has 0 saturated heterocycles. The zero-order valence-corrected chi connectivity index (χ0v) is 16.1. The third kappa shape index (κ3) is 4.15. The molecule has 28 heavy (non-hydrogen) atoms. The van der Waals surface area contributed by atoms with Crippen molar-refractivity contribution in [3.63, 3.8) is 0 Å². The van der Waals surface area contributed by atoms with E-state index >= 15 is 0 Å². The van der Waals surface area contributed by atoms with E-state index in [1.165, 1.54) is 18.7 Å². The number of hydrogen-bond acceptors (Lipinski definition) is 7. The molecule has 2 amide bonds. The van der Waals surface area contributed by atoms with Gasteiger partial charge in [-0.25, -0.2) is 13.1 Å². The molecular weight excluding hydrogens is 388 g/mol. The number of aromatic nitrogens is 2. The van der Waals surface area contributed by atoms with Crippen LogP contribution in [-0.4, -0.2) is 54.9 Å². The topological polar surface area (TPSA) is 140 Å². The lowest BCUT2D eigenvalue weighted by molar-refractivity contribution is -0.136. The summed E-state index contributed by atoms with van der Waals surface area (Å²) in [7, 11) is -1.82. The van der Waals surface area contributed by atoms with E-state index in [1.54, 1.807) is 24.3 Å². The summed E-state index contributed by atoms with van der Waals surface area (Å²) < 4.78 is 30.4. The Labute approximate surface area is 161 Å². The van der Waals surface area contributed by atoms with Gasteiger partial charge < -0.3 is 20.5 Å². The molecule has 2 aromatic rings. The fraction of sp³-hybridized carbons (Fsp3) is 0.353. The Balaban J connectivity index is 1.93. The monoisotopic (exact) mass is 408 g/mol. The Hall–Kier alpha value is -2.92. The summed E-state index contributed by atoms with van der Waals surface area (Å²) in [6, 6.07) is 6.77. The number of rotatable bonds is 5. The molecule has 0 radical (unpaired) electrons. The van der Waals surface area contributed by atoms with Crippen molar-refractivity contribution in [1.29, 1.82) is 0 Å². The van der Waals surface area contributed by atoms with E-state index in [0.29, 0.717) is 22.7 Å². The lowest BCUT2D eigenvalue weighted by Gasteiger charge is -2.12. The summed E-state index contributed by atoms with van der Waals surface area (Å²) in [5.74, 6) is -1.70. The molecule has 10 nitrogen and oxygen atoms in total. The molecule has 0 saturated carbocycles. The van der Waals surface area contributed by atoms with Crippen molar-refractivity contribution >= 4 is 27.5 Å². The minimum absolute atomic E-state index is 0.0868. The number of ether oxygens (including phenoxy) is 1. The summed E-state index contributed by atoms with van der Waals surface area (Å²) >= 11 is 0. The van der Waals surface area contributed by atoms with E-state index in [1.807, 2.05) is 0 Å². The number of sulfone groups is 1. The molecule has 0 unspecified atom stereocenters.